The number of ether oxygens (including phenoxy) is 2. The zero-order valence-corrected chi connectivity index (χ0v) is 13.3. The summed E-state index contributed by atoms with van der Waals surface area (Å²) < 4.78 is 11.0. The molecule has 0 rings (SSSR count). The zero-order chi connectivity index (χ0) is 11.4. The van der Waals surface area contributed by atoms with E-state index in [9.17, 15) is 0 Å². The van der Waals surface area contributed by atoms with Crippen molar-refractivity contribution in [2.75, 3.05) is 19.0 Å². The quantitative estimate of drug-likeness (QED) is 0.207. The maximum Gasteiger partial charge on any atom is 0.134 e. The summed E-state index contributed by atoms with van der Waals surface area (Å²) in [6, 6.07) is 1.29. The monoisotopic (exact) mass is 287 g/mol. The fourth-order valence-electron chi connectivity index (χ4n) is 1.12. The van der Waals surface area contributed by atoms with E-state index in [4.69, 9.17) is 14.6 Å². The Labute approximate surface area is 107 Å². The minimum atomic E-state index is -0.236. The van der Waals surface area contributed by atoms with Gasteiger partial charge in [0.1, 0.15) is 5.91 Å². The van der Waals surface area contributed by atoms with Gasteiger partial charge < -0.3 is 9.47 Å². The van der Waals surface area contributed by atoms with E-state index < -0.39 is 0 Å². The Morgan fingerprint density at radius 2 is 1.93 bits per heavy atom. The van der Waals surface area contributed by atoms with Crippen molar-refractivity contribution in [2.24, 2.45) is 5.14 Å². The van der Waals surface area contributed by atoms with Gasteiger partial charge in [-0.25, -0.2) is 0 Å². The minimum absolute atomic E-state index is 0.126. The first-order valence-electron chi connectivity index (χ1n) is 5.23. The molecule has 0 unspecified atom stereocenters. The van der Waals surface area contributed by atoms with Gasteiger partial charge in [-0.3, -0.25) is 5.14 Å². The number of hydrogen-bond acceptors (Lipinski definition) is 6. The summed E-state index contributed by atoms with van der Waals surface area (Å²) in [6.07, 6.45) is 1.25. The average molecular weight is 288 g/mol. The fourth-order valence-corrected chi connectivity index (χ4v) is 5.44. The number of nitrogens with two attached hydrogens (primary N) is 1. The van der Waals surface area contributed by atoms with Crippen molar-refractivity contribution in [3.05, 3.63) is 0 Å². The van der Waals surface area contributed by atoms with Crippen LogP contribution < -0.4 is 5.14 Å². The Morgan fingerprint density at radius 1 is 1.27 bits per heavy atom. The molecule has 2 N–H and O–H groups in total. The second-order valence-corrected chi connectivity index (χ2v) is 8.66. The molecule has 0 fully saturated rings. The summed E-state index contributed by atoms with van der Waals surface area (Å²) in [7, 11) is 4.57. The first-order chi connectivity index (χ1) is 7.35. The van der Waals surface area contributed by atoms with Crippen LogP contribution >= 0.6 is 31.6 Å². The van der Waals surface area contributed by atoms with Crippen LogP contribution in [0, 0.1) is 0 Å². The Balaban J connectivity index is 3.28. The van der Waals surface area contributed by atoms with E-state index in [0.717, 1.165) is 13.2 Å². The van der Waals surface area contributed by atoms with Crippen LogP contribution in [-0.4, -0.2) is 34.4 Å². The van der Waals surface area contributed by atoms with Gasteiger partial charge >= 0.3 is 0 Å². The maximum atomic E-state index is 5.51. The van der Waals surface area contributed by atoms with Crippen molar-refractivity contribution in [1.82, 2.24) is 0 Å². The summed E-state index contributed by atoms with van der Waals surface area (Å²) in [6.45, 7) is 5.55. The first kappa shape index (κ1) is 16.1. The van der Waals surface area contributed by atoms with E-state index in [-0.39, 0.29) is 15.4 Å². The van der Waals surface area contributed by atoms with Crippen molar-refractivity contribution >= 4 is 41.1 Å². The zero-order valence-electron chi connectivity index (χ0n) is 9.44. The standard InChI is InChI=1S/C8H21NO2S3Si/c1-3-10-8(11-4-2)15-7-5-6-12-14-13-9/h8H,3-7,9,15H2,1-2H3. The molecule has 7 heteroatoms. The predicted molar refractivity (Wildman–Crippen MR) is 76.8 cm³/mol. The lowest BCUT2D eigenvalue weighted by Gasteiger charge is -2.16. The topological polar surface area (TPSA) is 44.5 Å². The summed E-state index contributed by atoms with van der Waals surface area (Å²) in [4.78, 5) is 0. The van der Waals surface area contributed by atoms with Crippen molar-refractivity contribution in [3.8, 4) is 0 Å². The maximum absolute atomic E-state index is 5.51. The van der Waals surface area contributed by atoms with Crippen molar-refractivity contribution in [3.63, 3.8) is 0 Å². The molecule has 0 saturated carbocycles. The summed E-state index contributed by atoms with van der Waals surface area (Å²) >= 11 is 0. The number of rotatable bonds is 11. The van der Waals surface area contributed by atoms with Crippen LogP contribution in [0.15, 0.2) is 0 Å². The van der Waals surface area contributed by atoms with E-state index in [2.05, 4.69) is 0 Å². The molecule has 0 radical (unpaired) electrons. The molecule has 0 aromatic carbocycles. The fraction of sp³-hybridized carbons (Fsp3) is 1.00. The highest BCUT2D eigenvalue weighted by molar-refractivity contribution is 9.09. The molecule has 0 atom stereocenters. The molecule has 3 nitrogen and oxygen atoms in total. The smallest absolute Gasteiger partial charge is 0.134 e. The van der Waals surface area contributed by atoms with Gasteiger partial charge in [-0.05, 0) is 41.1 Å². The molecular weight excluding hydrogens is 266 g/mol. The van der Waals surface area contributed by atoms with E-state index in [1.54, 1.807) is 9.83 Å². The highest BCUT2D eigenvalue weighted by Gasteiger charge is 2.07. The highest BCUT2D eigenvalue weighted by atomic mass is 33.5. The molecule has 0 aromatic heterocycles. The van der Waals surface area contributed by atoms with Crippen molar-refractivity contribution in [2.45, 2.75) is 32.2 Å². The van der Waals surface area contributed by atoms with Crippen LogP contribution in [0.4, 0.5) is 0 Å². The van der Waals surface area contributed by atoms with Crippen LogP contribution in [0.5, 0.6) is 0 Å². The molecule has 92 valence electrons. The SMILES string of the molecule is CCOC(OCC)[SiH2]CCCSSSN. The number of hydrogen-bond donors (Lipinski definition) is 1. The Morgan fingerprint density at radius 3 is 2.47 bits per heavy atom. The Kier molecular flexibility index (Phi) is 14.2. The molecule has 0 aliphatic rings. The molecule has 0 aliphatic carbocycles. The van der Waals surface area contributed by atoms with Crippen LogP contribution in [-0.2, 0) is 9.47 Å². The van der Waals surface area contributed by atoms with Crippen LogP contribution in [0.3, 0.4) is 0 Å². The van der Waals surface area contributed by atoms with Crippen molar-refractivity contribution < 1.29 is 9.47 Å². The first-order valence-corrected chi connectivity index (χ1v) is 10.8. The summed E-state index contributed by atoms with van der Waals surface area (Å²) in [5, 5.41) is 5.30. The van der Waals surface area contributed by atoms with Gasteiger partial charge in [0, 0.05) is 19.0 Å². The van der Waals surface area contributed by atoms with Gasteiger partial charge in [-0.15, -0.1) is 0 Å². The average Bonchev–Trinajstić information content (AvgIpc) is 2.24. The van der Waals surface area contributed by atoms with Gasteiger partial charge in [0.05, 0.1) is 9.52 Å². The predicted octanol–water partition coefficient (Wildman–Crippen LogP) is 2.22. The van der Waals surface area contributed by atoms with Crippen LogP contribution in [0.2, 0.25) is 6.04 Å². The third-order valence-corrected chi connectivity index (χ3v) is 6.79. The van der Waals surface area contributed by atoms with E-state index >= 15 is 0 Å². The van der Waals surface area contributed by atoms with Gasteiger partial charge in [0.15, 0.2) is 0 Å². The Hall–Kier alpha value is 1.15. The van der Waals surface area contributed by atoms with Gasteiger partial charge in [-0.1, -0.05) is 16.8 Å². The highest BCUT2D eigenvalue weighted by Crippen LogP contribution is 2.30. The third kappa shape index (κ3) is 11.4. The molecule has 0 saturated heterocycles. The second-order valence-electron chi connectivity index (χ2n) is 2.82. The lowest BCUT2D eigenvalue weighted by Crippen LogP contribution is -2.24. The molecule has 15 heavy (non-hydrogen) atoms. The van der Waals surface area contributed by atoms with Gasteiger partial charge in [0.2, 0.25) is 0 Å². The Bertz CT molecular complexity index is 128. The largest absolute Gasteiger partial charge is 0.357 e. The van der Waals surface area contributed by atoms with Crippen molar-refractivity contribution in [1.29, 1.82) is 0 Å². The molecule has 0 spiro atoms. The van der Waals surface area contributed by atoms with E-state index in [1.165, 1.54) is 29.2 Å². The molecular formula is C8H21NO2S3Si. The van der Waals surface area contributed by atoms with E-state index in [0.29, 0.717) is 0 Å². The lowest BCUT2D eigenvalue weighted by atomic mass is 10.6. The third-order valence-electron chi connectivity index (χ3n) is 1.71. The second kappa shape index (κ2) is 13.2. The minimum Gasteiger partial charge on any atom is -0.357 e. The molecule has 0 aliphatic heterocycles. The molecule has 0 amide bonds. The van der Waals surface area contributed by atoms with Gasteiger partial charge in [-0.2, -0.15) is 0 Å². The molecule has 0 heterocycles. The summed E-state index contributed by atoms with van der Waals surface area (Å²) in [5.41, 5.74) is 0. The normalized spacial score (nSPS) is 12.0. The van der Waals surface area contributed by atoms with E-state index in [1.807, 2.05) is 24.6 Å². The van der Waals surface area contributed by atoms with Crippen LogP contribution in [0.1, 0.15) is 20.3 Å². The lowest BCUT2D eigenvalue weighted by molar-refractivity contribution is -0.0827. The molecule has 0 bridgehead atoms. The molecule has 0 aromatic rings. The van der Waals surface area contributed by atoms with Gasteiger partial charge in [0.25, 0.3) is 0 Å². The van der Waals surface area contributed by atoms with Crippen LogP contribution in [0.25, 0.3) is 0 Å². The summed E-state index contributed by atoms with van der Waals surface area (Å²) in [5.74, 6) is 1.30.